The van der Waals surface area contributed by atoms with E-state index in [-0.39, 0.29) is 10.7 Å². The number of nitrogens with zero attached hydrogens (tertiary/aromatic N) is 1. The molecule has 0 heterocycles. The number of carbonyl (C=O) groups excluding carboxylic acids is 2. The summed E-state index contributed by atoms with van der Waals surface area (Å²) in [5, 5.41) is 3.08. The second-order valence-corrected chi connectivity index (χ2v) is 9.37. The maximum Gasteiger partial charge on any atom is 0.243 e. The standard InChI is InChI=1S/C23H21ClN2O5S/c1-16(27)17-11-13-18(14-12-17)32(29,30)26(2)15-23(28)25-20-8-4-6-10-22(20)31-21-9-5-3-7-19(21)24/h3-14H,15H2,1-2H3,(H,25,28). The molecule has 0 bridgehead atoms. The van der Waals surface area contributed by atoms with Crippen molar-refractivity contribution in [3.8, 4) is 11.5 Å². The molecule has 0 radical (unpaired) electrons. The van der Waals surface area contributed by atoms with E-state index in [9.17, 15) is 18.0 Å². The number of carbonyl (C=O) groups is 2. The van der Waals surface area contributed by atoms with Gasteiger partial charge in [0.05, 0.1) is 22.2 Å². The van der Waals surface area contributed by atoms with E-state index in [0.717, 1.165) is 4.31 Å². The Kier molecular flexibility index (Phi) is 7.29. The minimum atomic E-state index is -3.92. The molecule has 0 aliphatic rings. The van der Waals surface area contributed by atoms with Gasteiger partial charge in [-0.25, -0.2) is 8.42 Å². The van der Waals surface area contributed by atoms with Crippen LogP contribution >= 0.6 is 11.6 Å². The van der Waals surface area contributed by atoms with E-state index in [1.165, 1.54) is 38.2 Å². The normalized spacial score (nSPS) is 11.2. The number of rotatable bonds is 8. The molecule has 0 unspecified atom stereocenters. The topological polar surface area (TPSA) is 92.8 Å². The van der Waals surface area contributed by atoms with Crippen LogP contribution in [-0.2, 0) is 14.8 Å². The Hall–Kier alpha value is -3.20. The fourth-order valence-electron chi connectivity index (χ4n) is 2.82. The Bertz CT molecular complexity index is 1240. The zero-order valence-electron chi connectivity index (χ0n) is 17.4. The molecule has 3 aromatic rings. The summed E-state index contributed by atoms with van der Waals surface area (Å²) >= 11 is 6.13. The van der Waals surface area contributed by atoms with Gasteiger partial charge in [0.2, 0.25) is 15.9 Å². The molecule has 166 valence electrons. The third-order valence-electron chi connectivity index (χ3n) is 4.55. The number of hydrogen-bond donors (Lipinski definition) is 1. The predicted octanol–water partition coefficient (Wildman–Crippen LogP) is 4.59. The van der Waals surface area contributed by atoms with E-state index in [1.54, 1.807) is 48.5 Å². The number of Topliss-reactive ketones (excluding diaryl/α,β-unsaturated/α-hetero) is 1. The molecule has 3 rings (SSSR count). The average Bonchev–Trinajstić information content (AvgIpc) is 2.76. The minimum absolute atomic E-state index is 0.0137. The number of anilines is 1. The van der Waals surface area contributed by atoms with E-state index in [1.807, 2.05) is 0 Å². The van der Waals surface area contributed by atoms with Crippen LogP contribution in [0.5, 0.6) is 11.5 Å². The van der Waals surface area contributed by atoms with Crippen molar-refractivity contribution in [3.63, 3.8) is 0 Å². The molecule has 0 fully saturated rings. The molecule has 0 atom stereocenters. The molecular weight excluding hydrogens is 452 g/mol. The van der Waals surface area contributed by atoms with E-state index in [2.05, 4.69) is 5.32 Å². The summed E-state index contributed by atoms with van der Waals surface area (Å²) < 4.78 is 32.3. The highest BCUT2D eigenvalue weighted by Crippen LogP contribution is 2.33. The first-order valence-corrected chi connectivity index (χ1v) is 11.4. The number of sulfonamides is 1. The van der Waals surface area contributed by atoms with E-state index >= 15 is 0 Å². The van der Waals surface area contributed by atoms with Gasteiger partial charge in [-0.05, 0) is 43.3 Å². The molecule has 0 spiro atoms. The molecule has 0 saturated carbocycles. The Morgan fingerprint density at radius 3 is 2.16 bits per heavy atom. The molecule has 9 heteroatoms. The maximum atomic E-state index is 12.8. The number of halogens is 1. The number of para-hydroxylation sites is 3. The second kappa shape index (κ2) is 9.95. The lowest BCUT2D eigenvalue weighted by molar-refractivity contribution is -0.116. The van der Waals surface area contributed by atoms with Crippen LogP contribution in [0.15, 0.2) is 77.7 Å². The van der Waals surface area contributed by atoms with Crippen molar-refractivity contribution in [1.29, 1.82) is 0 Å². The quantitative estimate of drug-likeness (QED) is 0.484. The van der Waals surface area contributed by atoms with Crippen LogP contribution in [0.1, 0.15) is 17.3 Å². The van der Waals surface area contributed by atoms with Crippen LogP contribution in [0.25, 0.3) is 0 Å². The molecule has 1 amide bonds. The third kappa shape index (κ3) is 5.53. The molecule has 0 saturated heterocycles. The van der Waals surface area contributed by atoms with Gasteiger partial charge in [-0.2, -0.15) is 4.31 Å². The molecule has 7 nitrogen and oxygen atoms in total. The van der Waals surface area contributed by atoms with Crippen molar-refractivity contribution in [1.82, 2.24) is 4.31 Å². The lowest BCUT2D eigenvalue weighted by atomic mass is 10.2. The molecule has 1 N–H and O–H groups in total. The fraction of sp³-hybridized carbons (Fsp3) is 0.130. The molecular formula is C23H21ClN2O5S. The third-order valence-corrected chi connectivity index (χ3v) is 6.68. The van der Waals surface area contributed by atoms with Crippen LogP contribution in [0, 0.1) is 0 Å². The Morgan fingerprint density at radius 1 is 0.938 bits per heavy atom. The monoisotopic (exact) mass is 472 g/mol. The first kappa shape index (κ1) is 23.5. The lowest BCUT2D eigenvalue weighted by Crippen LogP contribution is -2.35. The number of nitrogens with one attached hydrogen (secondary N) is 1. The molecule has 0 aliphatic heterocycles. The molecule has 32 heavy (non-hydrogen) atoms. The molecule has 0 aliphatic carbocycles. The van der Waals surface area contributed by atoms with Gasteiger partial charge in [0.1, 0.15) is 5.75 Å². The number of ketones is 1. The largest absolute Gasteiger partial charge is 0.454 e. The van der Waals surface area contributed by atoms with Gasteiger partial charge in [-0.15, -0.1) is 0 Å². The number of likely N-dealkylation sites (N-methyl/N-ethyl adjacent to an activating group) is 1. The summed E-state index contributed by atoms with van der Waals surface area (Å²) in [6.07, 6.45) is 0. The maximum absolute atomic E-state index is 12.8. The highest BCUT2D eigenvalue weighted by molar-refractivity contribution is 7.89. The summed E-state index contributed by atoms with van der Waals surface area (Å²) in [4.78, 5) is 23.9. The summed E-state index contributed by atoms with van der Waals surface area (Å²) in [6, 6.07) is 19.2. The minimum Gasteiger partial charge on any atom is -0.454 e. The summed E-state index contributed by atoms with van der Waals surface area (Å²) in [5.41, 5.74) is 0.772. The van der Waals surface area contributed by atoms with Gasteiger partial charge < -0.3 is 10.1 Å². The van der Waals surface area contributed by atoms with Gasteiger partial charge in [0.25, 0.3) is 0 Å². The summed E-state index contributed by atoms with van der Waals surface area (Å²) in [5.74, 6) is 0.0647. The van der Waals surface area contributed by atoms with Crippen molar-refractivity contribution in [2.75, 3.05) is 18.9 Å². The smallest absolute Gasteiger partial charge is 0.243 e. The van der Waals surface area contributed by atoms with Crippen molar-refractivity contribution in [2.24, 2.45) is 0 Å². The van der Waals surface area contributed by atoms with E-state index in [4.69, 9.17) is 16.3 Å². The number of amides is 1. The van der Waals surface area contributed by atoms with Gasteiger partial charge in [0, 0.05) is 12.6 Å². The second-order valence-electron chi connectivity index (χ2n) is 6.92. The van der Waals surface area contributed by atoms with Crippen LogP contribution in [0.2, 0.25) is 5.02 Å². The predicted molar refractivity (Wildman–Crippen MR) is 123 cm³/mol. The number of hydrogen-bond acceptors (Lipinski definition) is 5. The number of benzene rings is 3. The van der Waals surface area contributed by atoms with Crippen LogP contribution in [0.4, 0.5) is 5.69 Å². The first-order valence-electron chi connectivity index (χ1n) is 9.57. The van der Waals surface area contributed by atoms with Gasteiger partial charge in [-0.1, -0.05) is 48.0 Å². The van der Waals surface area contributed by atoms with Gasteiger partial charge >= 0.3 is 0 Å². The van der Waals surface area contributed by atoms with Crippen molar-refractivity contribution < 1.29 is 22.7 Å². The van der Waals surface area contributed by atoms with Crippen molar-refractivity contribution >= 4 is 39.0 Å². The van der Waals surface area contributed by atoms with Crippen molar-refractivity contribution in [3.05, 3.63) is 83.4 Å². The Balaban J connectivity index is 1.71. The highest BCUT2D eigenvalue weighted by Gasteiger charge is 2.23. The molecule has 0 aromatic heterocycles. The zero-order chi connectivity index (χ0) is 23.3. The Morgan fingerprint density at radius 2 is 1.53 bits per heavy atom. The van der Waals surface area contributed by atoms with Gasteiger partial charge in [0.15, 0.2) is 11.5 Å². The lowest BCUT2D eigenvalue weighted by Gasteiger charge is -2.18. The average molecular weight is 473 g/mol. The van der Waals surface area contributed by atoms with Gasteiger partial charge in [-0.3, -0.25) is 9.59 Å². The van der Waals surface area contributed by atoms with Crippen LogP contribution < -0.4 is 10.1 Å². The van der Waals surface area contributed by atoms with Crippen LogP contribution in [-0.4, -0.2) is 38.0 Å². The summed E-state index contributed by atoms with van der Waals surface area (Å²) in [6.45, 7) is 0.977. The number of ether oxygens (including phenoxy) is 1. The van der Waals surface area contributed by atoms with Crippen molar-refractivity contribution in [2.45, 2.75) is 11.8 Å². The highest BCUT2D eigenvalue weighted by atomic mass is 35.5. The van der Waals surface area contributed by atoms with E-state index in [0.29, 0.717) is 27.8 Å². The SMILES string of the molecule is CC(=O)c1ccc(S(=O)(=O)N(C)CC(=O)Nc2ccccc2Oc2ccccc2Cl)cc1. The summed E-state index contributed by atoms with van der Waals surface area (Å²) in [7, 11) is -2.62. The first-order chi connectivity index (χ1) is 15.2. The fourth-order valence-corrected chi connectivity index (χ4v) is 4.12. The van der Waals surface area contributed by atoms with Crippen LogP contribution in [0.3, 0.4) is 0 Å². The molecule has 3 aromatic carbocycles. The zero-order valence-corrected chi connectivity index (χ0v) is 19.0. The Labute approximate surface area is 191 Å². The van der Waals surface area contributed by atoms with E-state index < -0.39 is 22.5 Å².